The summed E-state index contributed by atoms with van der Waals surface area (Å²) >= 11 is 0. The lowest BCUT2D eigenvalue weighted by molar-refractivity contribution is -0.137. The zero-order chi connectivity index (χ0) is 14.2. The maximum atomic E-state index is 10.4. The molecule has 0 atom stereocenters. The Labute approximate surface area is 119 Å². The van der Waals surface area contributed by atoms with E-state index < -0.39 is 5.97 Å². The molecule has 0 unspecified atom stereocenters. The van der Waals surface area contributed by atoms with E-state index in [1.54, 1.807) is 0 Å². The maximum Gasteiger partial charge on any atom is 0.303 e. The van der Waals surface area contributed by atoms with Crippen molar-refractivity contribution >= 4 is 5.97 Å². The number of aryl methyl sites for hydroxylation is 2. The van der Waals surface area contributed by atoms with Crippen LogP contribution in [0.25, 0.3) is 0 Å². The van der Waals surface area contributed by atoms with Crippen molar-refractivity contribution in [2.45, 2.75) is 70.6 Å². The lowest BCUT2D eigenvalue weighted by Crippen LogP contribution is -2.07. The zero-order valence-electron chi connectivity index (χ0n) is 12.0. The molecule has 0 saturated heterocycles. The van der Waals surface area contributed by atoms with E-state index in [0.717, 1.165) is 31.1 Å². The van der Waals surface area contributed by atoms with Gasteiger partial charge in [-0.1, -0.05) is 32.1 Å². The van der Waals surface area contributed by atoms with E-state index in [-0.39, 0.29) is 6.42 Å². The van der Waals surface area contributed by atoms with Crippen molar-refractivity contribution in [3.05, 3.63) is 11.8 Å². The topological polar surface area (TPSA) is 76.2 Å². The van der Waals surface area contributed by atoms with Crippen LogP contribution in [0.3, 0.4) is 0 Å². The first-order chi connectivity index (χ1) is 9.74. The monoisotopic (exact) mass is 280 g/mol. The Hall–Kier alpha value is -1.39. The van der Waals surface area contributed by atoms with Crippen LogP contribution < -0.4 is 0 Å². The summed E-state index contributed by atoms with van der Waals surface area (Å²) in [5.74, 6) is 1.47. The van der Waals surface area contributed by atoms with Crippen LogP contribution in [0.4, 0.5) is 0 Å². The molecular weight excluding hydrogens is 256 g/mol. The number of aromatic nitrogens is 2. The van der Waals surface area contributed by atoms with Crippen molar-refractivity contribution in [1.82, 2.24) is 10.2 Å². The summed E-state index contributed by atoms with van der Waals surface area (Å²) in [5, 5.41) is 16.7. The number of hydrogen-bond donors (Lipinski definition) is 1. The van der Waals surface area contributed by atoms with Crippen LogP contribution in [-0.2, 0) is 17.6 Å². The van der Waals surface area contributed by atoms with Gasteiger partial charge in [0.1, 0.15) is 0 Å². The van der Waals surface area contributed by atoms with Gasteiger partial charge in [0.2, 0.25) is 11.8 Å². The summed E-state index contributed by atoms with van der Waals surface area (Å²) in [6.45, 7) is 0. The van der Waals surface area contributed by atoms with Gasteiger partial charge in [0, 0.05) is 19.3 Å². The third-order valence-corrected chi connectivity index (χ3v) is 4.03. The molecule has 0 spiro atoms. The highest BCUT2D eigenvalue weighted by Crippen LogP contribution is 2.27. The fourth-order valence-corrected chi connectivity index (χ4v) is 2.85. The Morgan fingerprint density at radius 1 is 1.10 bits per heavy atom. The number of unbranched alkanes of at least 4 members (excludes halogenated alkanes) is 1. The number of nitrogens with zero attached hydrogens (tertiary/aromatic N) is 2. The highest BCUT2D eigenvalue weighted by Gasteiger charge is 2.15. The van der Waals surface area contributed by atoms with E-state index in [9.17, 15) is 4.79 Å². The van der Waals surface area contributed by atoms with E-state index in [2.05, 4.69) is 10.2 Å². The Bertz CT molecular complexity index is 411. The lowest BCUT2D eigenvalue weighted by atomic mass is 9.86. The third kappa shape index (κ3) is 5.31. The second-order valence-corrected chi connectivity index (χ2v) is 5.73. The molecule has 2 rings (SSSR count). The van der Waals surface area contributed by atoms with Gasteiger partial charge in [0.05, 0.1) is 0 Å². The molecule has 1 heterocycles. The number of hydrogen-bond acceptors (Lipinski definition) is 4. The number of carbonyl (C=O) groups is 1. The summed E-state index contributed by atoms with van der Waals surface area (Å²) in [6, 6.07) is 0. The molecule has 1 aromatic rings. The standard InChI is InChI=1S/C15H24N2O3/c18-15(19)9-5-4-8-13-16-17-14(20-13)11-10-12-6-2-1-3-7-12/h12H,1-11H2,(H,18,19). The van der Waals surface area contributed by atoms with Crippen molar-refractivity contribution < 1.29 is 14.3 Å². The number of carboxylic acid groups (broad SMARTS) is 1. The first kappa shape index (κ1) is 15.0. The minimum absolute atomic E-state index is 0.211. The van der Waals surface area contributed by atoms with Crippen molar-refractivity contribution in [3.63, 3.8) is 0 Å². The second-order valence-electron chi connectivity index (χ2n) is 5.73. The minimum Gasteiger partial charge on any atom is -0.481 e. The van der Waals surface area contributed by atoms with Gasteiger partial charge >= 0.3 is 5.97 Å². The first-order valence-electron chi connectivity index (χ1n) is 7.77. The number of rotatable bonds is 8. The second kappa shape index (κ2) is 8.02. The van der Waals surface area contributed by atoms with Crippen molar-refractivity contribution in [2.24, 2.45) is 5.92 Å². The smallest absolute Gasteiger partial charge is 0.303 e. The summed E-state index contributed by atoms with van der Waals surface area (Å²) in [4.78, 5) is 10.4. The van der Waals surface area contributed by atoms with Gasteiger partial charge in [0.15, 0.2) is 0 Å². The van der Waals surface area contributed by atoms with Gasteiger partial charge in [-0.25, -0.2) is 0 Å². The molecule has 1 saturated carbocycles. The largest absolute Gasteiger partial charge is 0.481 e. The molecule has 0 aliphatic heterocycles. The zero-order valence-corrected chi connectivity index (χ0v) is 12.0. The Morgan fingerprint density at radius 3 is 2.50 bits per heavy atom. The van der Waals surface area contributed by atoms with Gasteiger partial charge in [0.25, 0.3) is 0 Å². The van der Waals surface area contributed by atoms with E-state index in [1.165, 1.54) is 32.1 Å². The predicted molar refractivity (Wildman–Crippen MR) is 74.4 cm³/mol. The van der Waals surface area contributed by atoms with E-state index >= 15 is 0 Å². The van der Waals surface area contributed by atoms with Crippen LogP contribution >= 0.6 is 0 Å². The molecule has 1 aliphatic carbocycles. The molecule has 112 valence electrons. The predicted octanol–water partition coefficient (Wildman–Crippen LogP) is 3.38. The van der Waals surface area contributed by atoms with Crippen LogP contribution in [-0.4, -0.2) is 21.3 Å². The Balaban J connectivity index is 1.65. The summed E-state index contributed by atoms with van der Waals surface area (Å²) in [6.07, 6.45) is 11.2. The first-order valence-corrected chi connectivity index (χ1v) is 7.77. The van der Waals surface area contributed by atoms with Crippen LogP contribution in [0.5, 0.6) is 0 Å². The molecule has 1 N–H and O–H groups in total. The SMILES string of the molecule is O=C(O)CCCCc1nnc(CCC2CCCCC2)o1. The molecule has 5 heteroatoms. The van der Waals surface area contributed by atoms with E-state index in [0.29, 0.717) is 18.7 Å². The summed E-state index contributed by atoms with van der Waals surface area (Å²) < 4.78 is 5.61. The average Bonchev–Trinajstić information content (AvgIpc) is 2.90. The molecule has 0 amide bonds. The minimum atomic E-state index is -0.747. The summed E-state index contributed by atoms with van der Waals surface area (Å²) in [7, 11) is 0. The fraction of sp³-hybridized carbons (Fsp3) is 0.800. The molecule has 0 aromatic carbocycles. The number of carboxylic acids is 1. The summed E-state index contributed by atoms with van der Waals surface area (Å²) in [5.41, 5.74) is 0. The van der Waals surface area contributed by atoms with Gasteiger partial charge in [-0.15, -0.1) is 10.2 Å². The third-order valence-electron chi connectivity index (χ3n) is 4.03. The maximum absolute atomic E-state index is 10.4. The van der Waals surface area contributed by atoms with Gasteiger partial charge in [-0.2, -0.15) is 0 Å². The van der Waals surface area contributed by atoms with E-state index in [1.807, 2.05) is 0 Å². The molecule has 1 aliphatic rings. The highest BCUT2D eigenvalue weighted by atomic mass is 16.4. The van der Waals surface area contributed by atoms with Crippen molar-refractivity contribution in [2.75, 3.05) is 0 Å². The normalized spacial score (nSPS) is 16.4. The molecule has 0 radical (unpaired) electrons. The van der Waals surface area contributed by atoms with Crippen LogP contribution in [0.1, 0.15) is 69.6 Å². The number of aliphatic carboxylic acids is 1. The quantitative estimate of drug-likeness (QED) is 0.739. The van der Waals surface area contributed by atoms with E-state index in [4.69, 9.17) is 9.52 Å². The lowest BCUT2D eigenvalue weighted by Gasteiger charge is -2.20. The Kier molecular flexibility index (Phi) is 6.02. The molecular formula is C15H24N2O3. The average molecular weight is 280 g/mol. The van der Waals surface area contributed by atoms with Crippen molar-refractivity contribution in [3.8, 4) is 0 Å². The molecule has 1 fully saturated rings. The Morgan fingerprint density at radius 2 is 1.80 bits per heavy atom. The van der Waals surface area contributed by atoms with Crippen LogP contribution in [0.2, 0.25) is 0 Å². The van der Waals surface area contributed by atoms with Crippen LogP contribution in [0.15, 0.2) is 4.42 Å². The molecule has 5 nitrogen and oxygen atoms in total. The fourth-order valence-electron chi connectivity index (χ4n) is 2.85. The molecule has 20 heavy (non-hydrogen) atoms. The van der Waals surface area contributed by atoms with Gasteiger partial charge in [-0.3, -0.25) is 4.79 Å². The van der Waals surface area contributed by atoms with Crippen molar-refractivity contribution in [1.29, 1.82) is 0 Å². The molecule has 0 bridgehead atoms. The molecule has 1 aromatic heterocycles. The van der Waals surface area contributed by atoms with Gasteiger partial charge < -0.3 is 9.52 Å². The van der Waals surface area contributed by atoms with Crippen LogP contribution in [0, 0.1) is 5.92 Å². The highest BCUT2D eigenvalue weighted by molar-refractivity contribution is 5.66. The van der Waals surface area contributed by atoms with Gasteiger partial charge in [-0.05, 0) is 25.2 Å².